The summed E-state index contributed by atoms with van der Waals surface area (Å²) in [5.74, 6) is 6.04. The maximum absolute atomic E-state index is 12.5. The molecule has 0 saturated carbocycles. The average Bonchev–Trinajstić information content (AvgIpc) is 3.08. The monoisotopic (exact) mass is 394 g/mol. The highest BCUT2D eigenvalue weighted by Gasteiger charge is 2.19. The van der Waals surface area contributed by atoms with Gasteiger partial charge >= 0.3 is 0 Å². The summed E-state index contributed by atoms with van der Waals surface area (Å²) in [4.78, 5) is 17.1. The Kier molecular flexibility index (Phi) is 6.76. The van der Waals surface area contributed by atoms with Crippen molar-refractivity contribution in [3.8, 4) is 11.3 Å². The predicted molar refractivity (Wildman–Crippen MR) is 116 cm³/mol. The van der Waals surface area contributed by atoms with Gasteiger partial charge in [0.1, 0.15) is 0 Å². The molecule has 6 heteroatoms. The van der Waals surface area contributed by atoms with Crippen molar-refractivity contribution in [3.05, 3.63) is 72.4 Å². The second-order valence-electron chi connectivity index (χ2n) is 6.88. The van der Waals surface area contributed by atoms with Gasteiger partial charge in [-0.1, -0.05) is 72.4 Å². The van der Waals surface area contributed by atoms with Crippen LogP contribution in [0.25, 0.3) is 11.3 Å². The maximum Gasteiger partial charge on any atom is 0.233 e. The first-order chi connectivity index (χ1) is 13.5. The molecule has 1 amide bonds. The minimum Gasteiger partial charge on any atom is -0.353 e. The second kappa shape index (κ2) is 9.46. The molecule has 0 aliphatic carbocycles. The quantitative estimate of drug-likeness (QED) is 0.449. The fourth-order valence-corrected chi connectivity index (χ4v) is 3.70. The number of amides is 1. The maximum atomic E-state index is 12.5. The summed E-state index contributed by atoms with van der Waals surface area (Å²) in [6.45, 7) is 3.91. The molecule has 0 fully saturated rings. The number of nitrogen functional groups attached to an aromatic ring is 1. The zero-order valence-corrected chi connectivity index (χ0v) is 17.0. The van der Waals surface area contributed by atoms with Gasteiger partial charge in [0.25, 0.3) is 0 Å². The van der Waals surface area contributed by atoms with Crippen molar-refractivity contribution < 1.29 is 4.79 Å². The Morgan fingerprint density at radius 1 is 1.11 bits per heavy atom. The molecule has 2 aromatic carbocycles. The fraction of sp³-hybridized carbons (Fsp3) is 0.273. The summed E-state index contributed by atoms with van der Waals surface area (Å²) in [5.41, 5.74) is 3.08. The zero-order chi connectivity index (χ0) is 19.9. The molecule has 3 rings (SSSR count). The number of nitrogens with zero attached hydrogens (tertiary/aromatic N) is 2. The molecule has 0 aliphatic heterocycles. The first-order valence-corrected chi connectivity index (χ1v) is 10.3. The van der Waals surface area contributed by atoms with E-state index in [4.69, 9.17) is 5.84 Å². The van der Waals surface area contributed by atoms with Crippen LogP contribution < -0.4 is 11.2 Å². The van der Waals surface area contributed by atoms with Gasteiger partial charge in [0.15, 0.2) is 5.16 Å². The molecule has 1 heterocycles. The first-order valence-electron chi connectivity index (χ1n) is 9.44. The standard InChI is InChI=1S/C22H26N4OS/c1-16(13-14-18-9-5-3-6-10-18)24-21(27)17(2)28-22-25-20(15-26(22)23)19-11-7-4-8-12-19/h3-12,15-17H,13-14,23H2,1-2H3,(H,24,27)/t16-,17+/m0/s1. The number of carbonyl (C=O) groups excluding carboxylic acids is 1. The molecule has 0 saturated heterocycles. The first kappa shape index (κ1) is 20.0. The smallest absolute Gasteiger partial charge is 0.233 e. The van der Waals surface area contributed by atoms with Crippen molar-refractivity contribution in [2.24, 2.45) is 0 Å². The van der Waals surface area contributed by atoms with Gasteiger partial charge in [-0.2, -0.15) is 0 Å². The second-order valence-corrected chi connectivity index (χ2v) is 8.18. The number of imidazole rings is 1. The normalized spacial score (nSPS) is 13.1. The van der Waals surface area contributed by atoms with E-state index in [1.165, 1.54) is 22.0 Å². The molecule has 0 spiro atoms. The highest BCUT2D eigenvalue weighted by Crippen LogP contribution is 2.25. The minimum absolute atomic E-state index is 0.00479. The molecule has 2 atom stereocenters. The molecular weight excluding hydrogens is 368 g/mol. The van der Waals surface area contributed by atoms with E-state index in [2.05, 4.69) is 22.4 Å². The Balaban J connectivity index is 1.53. The Labute approximate surface area is 170 Å². The lowest BCUT2D eigenvalue weighted by Crippen LogP contribution is -2.38. The van der Waals surface area contributed by atoms with E-state index in [0.717, 1.165) is 24.1 Å². The molecule has 3 aromatic rings. The van der Waals surface area contributed by atoms with Crippen LogP contribution in [-0.4, -0.2) is 26.9 Å². The van der Waals surface area contributed by atoms with Crippen LogP contribution >= 0.6 is 11.8 Å². The summed E-state index contributed by atoms with van der Waals surface area (Å²) >= 11 is 1.37. The van der Waals surface area contributed by atoms with Gasteiger partial charge in [0, 0.05) is 11.6 Å². The van der Waals surface area contributed by atoms with E-state index < -0.39 is 0 Å². The number of nitrogens with two attached hydrogens (primary N) is 1. The van der Waals surface area contributed by atoms with Crippen molar-refractivity contribution in [2.75, 3.05) is 5.84 Å². The van der Waals surface area contributed by atoms with Gasteiger partial charge < -0.3 is 11.2 Å². The number of rotatable bonds is 8. The van der Waals surface area contributed by atoms with Gasteiger partial charge in [-0.3, -0.25) is 4.79 Å². The predicted octanol–water partition coefficient (Wildman–Crippen LogP) is 3.88. The van der Waals surface area contributed by atoms with Gasteiger partial charge in [-0.15, -0.1) is 0 Å². The summed E-state index contributed by atoms with van der Waals surface area (Å²) in [7, 11) is 0. The van der Waals surface area contributed by atoms with Crippen molar-refractivity contribution in [1.29, 1.82) is 0 Å². The van der Waals surface area contributed by atoms with Gasteiger partial charge in [0.05, 0.1) is 17.1 Å². The Bertz CT molecular complexity index is 895. The lowest BCUT2D eigenvalue weighted by atomic mass is 10.1. The number of hydrogen-bond donors (Lipinski definition) is 2. The van der Waals surface area contributed by atoms with Crippen LogP contribution in [-0.2, 0) is 11.2 Å². The van der Waals surface area contributed by atoms with Gasteiger partial charge in [0.2, 0.25) is 5.91 Å². The molecule has 1 aromatic heterocycles. The van der Waals surface area contributed by atoms with E-state index >= 15 is 0 Å². The molecule has 3 N–H and O–H groups in total. The van der Waals surface area contributed by atoms with Crippen LogP contribution in [0, 0.1) is 0 Å². The Morgan fingerprint density at radius 2 is 1.75 bits per heavy atom. The van der Waals surface area contributed by atoms with Gasteiger partial charge in [-0.25, -0.2) is 9.66 Å². The SMILES string of the molecule is C[C@@H](CCc1ccccc1)NC(=O)[C@@H](C)Sc1nc(-c2ccccc2)cn1N. The Hall–Kier alpha value is -2.73. The van der Waals surface area contributed by atoms with Gasteiger partial charge in [-0.05, 0) is 32.3 Å². The molecular formula is C22H26N4OS. The zero-order valence-electron chi connectivity index (χ0n) is 16.2. The highest BCUT2D eigenvalue weighted by molar-refractivity contribution is 8.00. The number of benzene rings is 2. The number of nitrogens with one attached hydrogen (secondary N) is 1. The molecule has 0 aliphatic rings. The topological polar surface area (TPSA) is 72.9 Å². The van der Waals surface area contributed by atoms with Crippen molar-refractivity contribution in [2.45, 2.75) is 43.1 Å². The van der Waals surface area contributed by atoms with E-state index in [9.17, 15) is 4.79 Å². The minimum atomic E-state index is -0.285. The average molecular weight is 395 g/mol. The molecule has 0 radical (unpaired) electrons. The van der Waals surface area contributed by atoms with Crippen LogP contribution in [0.4, 0.5) is 0 Å². The van der Waals surface area contributed by atoms with Crippen LogP contribution in [0.15, 0.2) is 72.0 Å². The molecule has 0 unspecified atom stereocenters. The van der Waals surface area contributed by atoms with Crippen molar-refractivity contribution in [3.63, 3.8) is 0 Å². The number of carbonyl (C=O) groups is 1. The Morgan fingerprint density at radius 3 is 2.43 bits per heavy atom. The summed E-state index contributed by atoms with van der Waals surface area (Å²) < 4.78 is 1.48. The molecule has 5 nitrogen and oxygen atoms in total. The lowest BCUT2D eigenvalue weighted by Gasteiger charge is -2.17. The highest BCUT2D eigenvalue weighted by atomic mass is 32.2. The third-order valence-electron chi connectivity index (χ3n) is 4.52. The summed E-state index contributed by atoms with van der Waals surface area (Å²) in [6.07, 6.45) is 3.62. The fourth-order valence-electron chi connectivity index (χ4n) is 2.88. The van der Waals surface area contributed by atoms with Crippen LogP contribution in [0.1, 0.15) is 25.8 Å². The van der Waals surface area contributed by atoms with E-state index in [1.54, 1.807) is 6.20 Å². The largest absolute Gasteiger partial charge is 0.353 e. The van der Waals surface area contributed by atoms with E-state index in [1.807, 2.05) is 62.4 Å². The molecule has 0 bridgehead atoms. The lowest BCUT2D eigenvalue weighted by molar-refractivity contribution is -0.120. The van der Waals surface area contributed by atoms with Crippen LogP contribution in [0.3, 0.4) is 0 Å². The summed E-state index contributed by atoms with van der Waals surface area (Å²) in [5, 5.41) is 3.43. The van der Waals surface area contributed by atoms with E-state index in [0.29, 0.717) is 5.16 Å². The number of aromatic nitrogens is 2. The van der Waals surface area contributed by atoms with Crippen molar-refractivity contribution in [1.82, 2.24) is 15.0 Å². The third kappa shape index (κ3) is 5.39. The number of aryl methyl sites for hydroxylation is 1. The number of thioether (sulfide) groups is 1. The number of hydrogen-bond acceptors (Lipinski definition) is 4. The third-order valence-corrected chi connectivity index (χ3v) is 5.60. The summed E-state index contributed by atoms with van der Waals surface area (Å²) in [6, 6.07) is 20.3. The van der Waals surface area contributed by atoms with Crippen LogP contribution in [0.5, 0.6) is 0 Å². The van der Waals surface area contributed by atoms with Crippen molar-refractivity contribution >= 4 is 17.7 Å². The molecule has 146 valence electrons. The van der Waals surface area contributed by atoms with E-state index in [-0.39, 0.29) is 17.2 Å². The van der Waals surface area contributed by atoms with Crippen LogP contribution in [0.2, 0.25) is 0 Å². The molecule has 28 heavy (non-hydrogen) atoms.